The molecule has 2 fully saturated rings. The summed E-state index contributed by atoms with van der Waals surface area (Å²) in [5.74, 6) is 1.02. The van der Waals surface area contributed by atoms with Gasteiger partial charge in [-0.2, -0.15) is 0 Å². The van der Waals surface area contributed by atoms with Crippen LogP contribution in [0.15, 0.2) is 24.3 Å². The lowest BCUT2D eigenvalue weighted by Crippen LogP contribution is -2.51. The van der Waals surface area contributed by atoms with Crippen molar-refractivity contribution < 1.29 is 0 Å². The number of H-pyrrole nitrogens is 1. The van der Waals surface area contributed by atoms with E-state index in [9.17, 15) is 0 Å². The first-order valence-electron chi connectivity index (χ1n) is 7.54. The zero-order valence-electron chi connectivity index (χ0n) is 11.7. The molecule has 1 atom stereocenters. The van der Waals surface area contributed by atoms with Crippen LogP contribution in [-0.2, 0) is 0 Å². The molecule has 0 aliphatic carbocycles. The first-order chi connectivity index (χ1) is 9.90. The van der Waals surface area contributed by atoms with Crippen LogP contribution < -0.4 is 10.2 Å². The van der Waals surface area contributed by atoms with E-state index >= 15 is 0 Å². The summed E-state index contributed by atoms with van der Waals surface area (Å²) in [6.07, 6.45) is 1.30. The van der Waals surface area contributed by atoms with Crippen LogP contribution in [0.5, 0.6) is 0 Å². The van der Waals surface area contributed by atoms with Gasteiger partial charge in [0.25, 0.3) is 0 Å². The highest BCUT2D eigenvalue weighted by molar-refractivity contribution is 5.77. The van der Waals surface area contributed by atoms with Gasteiger partial charge in [-0.15, -0.1) is 0 Å². The molecule has 3 heterocycles. The summed E-state index contributed by atoms with van der Waals surface area (Å²) in [5, 5.41) is 3.46. The standard InChI is InChI=1S/C15H21N5/c1-2-4-14-13(3-1)17-15(18-14)20-9-7-19(8-10-20)12-5-6-16-11-12/h1-4,12,16H,5-11H2,(H,17,18). The van der Waals surface area contributed by atoms with Crippen molar-refractivity contribution in [3.63, 3.8) is 0 Å². The van der Waals surface area contributed by atoms with E-state index in [0.717, 1.165) is 55.7 Å². The second-order valence-electron chi connectivity index (χ2n) is 5.75. The van der Waals surface area contributed by atoms with Crippen LogP contribution >= 0.6 is 0 Å². The molecule has 1 unspecified atom stereocenters. The molecule has 0 saturated carbocycles. The number of hydrogen-bond acceptors (Lipinski definition) is 4. The van der Waals surface area contributed by atoms with E-state index in [1.54, 1.807) is 0 Å². The quantitative estimate of drug-likeness (QED) is 0.857. The summed E-state index contributed by atoms with van der Waals surface area (Å²) in [6, 6.07) is 8.99. The van der Waals surface area contributed by atoms with Gasteiger partial charge in [0.1, 0.15) is 0 Å². The Labute approximate surface area is 119 Å². The zero-order chi connectivity index (χ0) is 13.4. The van der Waals surface area contributed by atoms with Crippen molar-refractivity contribution >= 4 is 17.0 Å². The molecule has 2 aliphatic heterocycles. The Morgan fingerprint density at radius 1 is 1.10 bits per heavy atom. The van der Waals surface area contributed by atoms with E-state index in [-0.39, 0.29) is 0 Å². The fourth-order valence-corrected chi connectivity index (χ4v) is 3.34. The Hall–Kier alpha value is -1.59. The average Bonchev–Trinajstić information content (AvgIpc) is 3.17. The SMILES string of the molecule is c1ccc2[nH]c(N3CCN(C4CCNC4)CC3)nc2c1. The second kappa shape index (κ2) is 5.07. The van der Waals surface area contributed by atoms with Crippen molar-refractivity contribution in [2.24, 2.45) is 0 Å². The van der Waals surface area contributed by atoms with Gasteiger partial charge in [0.05, 0.1) is 11.0 Å². The highest BCUT2D eigenvalue weighted by Crippen LogP contribution is 2.19. The summed E-state index contributed by atoms with van der Waals surface area (Å²) in [7, 11) is 0. The van der Waals surface area contributed by atoms with Crippen molar-refractivity contribution in [2.45, 2.75) is 12.5 Å². The minimum atomic E-state index is 0.743. The van der Waals surface area contributed by atoms with E-state index in [0.29, 0.717) is 0 Å². The van der Waals surface area contributed by atoms with Crippen molar-refractivity contribution in [2.75, 3.05) is 44.2 Å². The molecule has 106 valence electrons. The summed E-state index contributed by atoms with van der Waals surface area (Å²) in [4.78, 5) is 13.1. The number of hydrogen-bond donors (Lipinski definition) is 2. The average molecular weight is 271 g/mol. The molecule has 5 nitrogen and oxygen atoms in total. The third kappa shape index (κ3) is 2.17. The van der Waals surface area contributed by atoms with Gasteiger partial charge in [-0.05, 0) is 25.1 Å². The zero-order valence-corrected chi connectivity index (χ0v) is 11.7. The van der Waals surface area contributed by atoms with E-state index in [2.05, 4.69) is 38.3 Å². The number of benzene rings is 1. The lowest BCUT2D eigenvalue weighted by atomic mass is 10.2. The molecule has 2 aromatic rings. The Balaban J connectivity index is 1.45. The molecule has 2 aliphatic rings. The third-order valence-corrected chi connectivity index (χ3v) is 4.54. The summed E-state index contributed by atoms with van der Waals surface area (Å²) in [5.41, 5.74) is 2.19. The lowest BCUT2D eigenvalue weighted by molar-refractivity contribution is 0.196. The van der Waals surface area contributed by atoms with E-state index in [4.69, 9.17) is 4.98 Å². The van der Waals surface area contributed by atoms with Gasteiger partial charge in [-0.25, -0.2) is 4.98 Å². The maximum Gasteiger partial charge on any atom is 0.203 e. The molecule has 0 amide bonds. The van der Waals surface area contributed by atoms with Gasteiger partial charge in [-0.1, -0.05) is 12.1 Å². The van der Waals surface area contributed by atoms with E-state index < -0.39 is 0 Å². The topological polar surface area (TPSA) is 47.2 Å². The predicted molar refractivity (Wildman–Crippen MR) is 81.2 cm³/mol. The number of aromatic nitrogens is 2. The highest BCUT2D eigenvalue weighted by Gasteiger charge is 2.26. The number of fused-ring (bicyclic) bond motifs is 1. The normalized spacial score (nSPS) is 24.6. The molecule has 5 heteroatoms. The Morgan fingerprint density at radius 2 is 1.95 bits per heavy atom. The van der Waals surface area contributed by atoms with Gasteiger partial charge in [0, 0.05) is 38.8 Å². The van der Waals surface area contributed by atoms with Gasteiger partial charge in [-0.3, -0.25) is 4.90 Å². The Morgan fingerprint density at radius 3 is 2.70 bits per heavy atom. The van der Waals surface area contributed by atoms with Gasteiger partial charge in [0.2, 0.25) is 5.95 Å². The maximum absolute atomic E-state index is 4.70. The third-order valence-electron chi connectivity index (χ3n) is 4.54. The first-order valence-corrected chi connectivity index (χ1v) is 7.54. The maximum atomic E-state index is 4.70. The van der Waals surface area contributed by atoms with Crippen LogP contribution in [0, 0.1) is 0 Å². The van der Waals surface area contributed by atoms with Crippen molar-refractivity contribution in [1.29, 1.82) is 0 Å². The molecule has 0 radical (unpaired) electrons. The van der Waals surface area contributed by atoms with E-state index in [1.165, 1.54) is 13.0 Å². The summed E-state index contributed by atoms with van der Waals surface area (Å²) in [6.45, 7) is 6.75. The molecule has 0 spiro atoms. The molecule has 4 rings (SSSR count). The summed E-state index contributed by atoms with van der Waals surface area (Å²) < 4.78 is 0. The molecule has 20 heavy (non-hydrogen) atoms. The number of rotatable bonds is 2. The number of nitrogens with one attached hydrogen (secondary N) is 2. The predicted octanol–water partition coefficient (Wildman–Crippen LogP) is 1.05. The molecule has 1 aromatic carbocycles. The monoisotopic (exact) mass is 271 g/mol. The van der Waals surface area contributed by atoms with Crippen molar-refractivity contribution in [1.82, 2.24) is 20.2 Å². The number of anilines is 1. The lowest BCUT2D eigenvalue weighted by Gasteiger charge is -2.37. The van der Waals surface area contributed by atoms with Crippen LogP contribution in [0.4, 0.5) is 5.95 Å². The van der Waals surface area contributed by atoms with Gasteiger partial charge >= 0.3 is 0 Å². The number of piperazine rings is 1. The van der Waals surface area contributed by atoms with Crippen LogP contribution in [0.1, 0.15) is 6.42 Å². The molecule has 2 saturated heterocycles. The van der Waals surface area contributed by atoms with Crippen LogP contribution in [0.3, 0.4) is 0 Å². The fraction of sp³-hybridized carbons (Fsp3) is 0.533. The van der Waals surface area contributed by atoms with E-state index in [1.807, 2.05) is 6.07 Å². The largest absolute Gasteiger partial charge is 0.340 e. The number of imidazole rings is 1. The molecule has 1 aromatic heterocycles. The fourth-order valence-electron chi connectivity index (χ4n) is 3.34. The van der Waals surface area contributed by atoms with Crippen LogP contribution in [0.25, 0.3) is 11.0 Å². The molecular weight excluding hydrogens is 250 g/mol. The molecular formula is C15H21N5. The first kappa shape index (κ1) is 12.2. The van der Waals surface area contributed by atoms with Crippen molar-refractivity contribution in [3.05, 3.63) is 24.3 Å². The van der Waals surface area contributed by atoms with Gasteiger partial charge in [0.15, 0.2) is 0 Å². The van der Waals surface area contributed by atoms with Crippen molar-refractivity contribution in [3.8, 4) is 0 Å². The molecule has 0 bridgehead atoms. The Kier molecular flexibility index (Phi) is 3.09. The number of aromatic amines is 1. The second-order valence-corrected chi connectivity index (χ2v) is 5.75. The highest BCUT2D eigenvalue weighted by atomic mass is 15.3. The minimum absolute atomic E-state index is 0.743. The number of para-hydroxylation sites is 2. The smallest absolute Gasteiger partial charge is 0.203 e. The Bertz CT molecular complexity index is 546. The number of nitrogens with zero attached hydrogens (tertiary/aromatic N) is 3. The van der Waals surface area contributed by atoms with Crippen LogP contribution in [0.2, 0.25) is 0 Å². The summed E-state index contributed by atoms with van der Waals surface area (Å²) >= 11 is 0. The molecule has 2 N–H and O–H groups in total. The van der Waals surface area contributed by atoms with Crippen LogP contribution in [-0.4, -0.2) is 60.2 Å². The van der Waals surface area contributed by atoms with Gasteiger partial charge < -0.3 is 15.2 Å². The minimum Gasteiger partial charge on any atom is -0.340 e.